The smallest absolute Gasteiger partial charge is 0.0617 e. The van der Waals surface area contributed by atoms with Crippen molar-refractivity contribution in [1.82, 2.24) is 0 Å². The van der Waals surface area contributed by atoms with E-state index in [1.807, 2.05) is 6.92 Å². The number of rotatable bonds is 9. The highest BCUT2D eigenvalue weighted by molar-refractivity contribution is 4.70. The third-order valence-electron chi connectivity index (χ3n) is 3.65. The van der Waals surface area contributed by atoms with Gasteiger partial charge in [-0.3, -0.25) is 0 Å². The van der Waals surface area contributed by atoms with Crippen LogP contribution in [0.15, 0.2) is 0 Å². The molecule has 0 saturated carbocycles. The molecule has 0 spiro atoms. The summed E-state index contributed by atoms with van der Waals surface area (Å²) in [7, 11) is 0. The zero-order chi connectivity index (χ0) is 12.6. The minimum Gasteiger partial charge on any atom is -0.390 e. The zero-order valence-electron chi connectivity index (χ0n) is 12.1. The molecule has 0 unspecified atom stereocenters. The fourth-order valence-corrected chi connectivity index (χ4v) is 2.03. The summed E-state index contributed by atoms with van der Waals surface area (Å²) >= 11 is 0. The van der Waals surface area contributed by atoms with E-state index in [2.05, 4.69) is 27.7 Å². The molecule has 1 nitrogen and oxygen atoms in total. The Morgan fingerprint density at radius 2 is 1.56 bits per heavy atom. The van der Waals surface area contributed by atoms with Crippen LogP contribution < -0.4 is 0 Å². The highest BCUT2D eigenvalue weighted by Gasteiger charge is 2.16. The predicted molar refractivity (Wildman–Crippen MR) is 72.6 cm³/mol. The van der Waals surface area contributed by atoms with Crippen LogP contribution in [0.3, 0.4) is 0 Å². The minimum atomic E-state index is -0.433. The second kappa shape index (κ2) is 8.11. The summed E-state index contributed by atoms with van der Waals surface area (Å²) in [5.41, 5.74) is -0.433. The van der Waals surface area contributed by atoms with Crippen LogP contribution in [0.1, 0.15) is 79.6 Å². The molecule has 0 aliphatic rings. The first-order valence-corrected chi connectivity index (χ1v) is 7.09. The van der Waals surface area contributed by atoms with Crippen molar-refractivity contribution >= 4 is 0 Å². The van der Waals surface area contributed by atoms with Crippen LogP contribution in [0.5, 0.6) is 0 Å². The predicted octanol–water partition coefficient (Wildman–Crippen LogP) is 4.78. The second-order valence-electron chi connectivity index (χ2n) is 6.17. The van der Waals surface area contributed by atoms with Crippen molar-refractivity contribution in [1.29, 1.82) is 0 Å². The highest BCUT2D eigenvalue weighted by Crippen LogP contribution is 2.22. The van der Waals surface area contributed by atoms with Crippen LogP contribution in [0.25, 0.3) is 0 Å². The Hall–Kier alpha value is -0.0400. The lowest BCUT2D eigenvalue weighted by atomic mass is 9.91. The van der Waals surface area contributed by atoms with Crippen molar-refractivity contribution < 1.29 is 5.11 Å². The summed E-state index contributed by atoms with van der Waals surface area (Å²) in [5.74, 6) is 1.67. The summed E-state index contributed by atoms with van der Waals surface area (Å²) in [6, 6.07) is 0. The Morgan fingerprint density at radius 3 is 2.06 bits per heavy atom. The molecule has 1 heteroatoms. The van der Waals surface area contributed by atoms with E-state index in [4.69, 9.17) is 0 Å². The standard InChI is InChI=1S/C15H32O/c1-6-15(5,16)12-8-11-14(4)10-7-9-13(2)3/h13-14,16H,6-12H2,1-5H3/t14-,15-/m1/s1. The zero-order valence-corrected chi connectivity index (χ0v) is 12.1. The van der Waals surface area contributed by atoms with Gasteiger partial charge in [0.25, 0.3) is 0 Å². The van der Waals surface area contributed by atoms with Gasteiger partial charge >= 0.3 is 0 Å². The molecule has 0 fully saturated rings. The summed E-state index contributed by atoms with van der Waals surface area (Å²) < 4.78 is 0. The topological polar surface area (TPSA) is 20.2 Å². The lowest BCUT2D eigenvalue weighted by Gasteiger charge is -2.22. The van der Waals surface area contributed by atoms with Crippen LogP contribution in [0.2, 0.25) is 0 Å². The molecular formula is C15H32O. The molecule has 0 aliphatic carbocycles. The Bertz CT molecular complexity index is 161. The van der Waals surface area contributed by atoms with Gasteiger partial charge in [-0.05, 0) is 31.6 Å². The lowest BCUT2D eigenvalue weighted by molar-refractivity contribution is 0.0432. The van der Waals surface area contributed by atoms with Crippen molar-refractivity contribution in [2.24, 2.45) is 11.8 Å². The molecule has 0 saturated heterocycles. The number of hydrogen-bond donors (Lipinski definition) is 1. The molecule has 0 amide bonds. The second-order valence-corrected chi connectivity index (χ2v) is 6.17. The molecule has 2 atom stereocenters. The van der Waals surface area contributed by atoms with Crippen LogP contribution in [0.4, 0.5) is 0 Å². The highest BCUT2D eigenvalue weighted by atomic mass is 16.3. The van der Waals surface area contributed by atoms with Crippen LogP contribution in [0, 0.1) is 11.8 Å². The van der Waals surface area contributed by atoms with Crippen molar-refractivity contribution in [3.8, 4) is 0 Å². The van der Waals surface area contributed by atoms with E-state index in [0.29, 0.717) is 0 Å². The molecule has 1 N–H and O–H groups in total. The fraction of sp³-hybridized carbons (Fsp3) is 1.00. The molecule has 16 heavy (non-hydrogen) atoms. The average molecular weight is 228 g/mol. The molecule has 0 rings (SSSR count). The molecule has 0 aromatic carbocycles. The third kappa shape index (κ3) is 9.21. The van der Waals surface area contributed by atoms with E-state index in [1.54, 1.807) is 0 Å². The summed E-state index contributed by atoms with van der Waals surface area (Å²) in [6.07, 6.45) is 8.34. The van der Waals surface area contributed by atoms with Gasteiger partial charge in [-0.1, -0.05) is 59.8 Å². The molecule has 0 aliphatic heterocycles. The van der Waals surface area contributed by atoms with Crippen LogP contribution >= 0.6 is 0 Å². The number of hydrogen-bond acceptors (Lipinski definition) is 1. The van der Waals surface area contributed by atoms with Gasteiger partial charge in [-0.25, -0.2) is 0 Å². The van der Waals surface area contributed by atoms with Crippen molar-refractivity contribution in [2.45, 2.75) is 85.2 Å². The van der Waals surface area contributed by atoms with Crippen LogP contribution in [-0.4, -0.2) is 10.7 Å². The molecule has 0 radical (unpaired) electrons. The maximum atomic E-state index is 9.88. The largest absolute Gasteiger partial charge is 0.390 e. The Kier molecular flexibility index (Phi) is 8.09. The SMILES string of the molecule is CC[C@@](C)(O)CCC[C@H](C)CCCC(C)C. The summed E-state index contributed by atoms with van der Waals surface area (Å²) in [4.78, 5) is 0. The van der Waals surface area contributed by atoms with Gasteiger partial charge < -0.3 is 5.11 Å². The first-order chi connectivity index (χ1) is 7.37. The van der Waals surface area contributed by atoms with E-state index in [-0.39, 0.29) is 0 Å². The Balaban J connectivity index is 3.47. The van der Waals surface area contributed by atoms with Gasteiger partial charge in [0.2, 0.25) is 0 Å². The maximum absolute atomic E-state index is 9.88. The number of aliphatic hydroxyl groups is 1. The quantitative estimate of drug-likeness (QED) is 0.602. The normalized spacial score (nSPS) is 17.4. The van der Waals surface area contributed by atoms with Crippen molar-refractivity contribution in [2.75, 3.05) is 0 Å². The molecule has 0 bridgehead atoms. The van der Waals surface area contributed by atoms with E-state index in [0.717, 1.165) is 24.7 Å². The van der Waals surface area contributed by atoms with E-state index in [1.165, 1.54) is 32.1 Å². The molecule has 0 heterocycles. The molecule has 0 aromatic rings. The average Bonchev–Trinajstić information content (AvgIpc) is 2.17. The van der Waals surface area contributed by atoms with Gasteiger partial charge in [0, 0.05) is 0 Å². The first kappa shape index (κ1) is 16.0. The Labute approximate surface area is 103 Å². The maximum Gasteiger partial charge on any atom is 0.0617 e. The van der Waals surface area contributed by atoms with E-state index in [9.17, 15) is 5.11 Å². The molecular weight excluding hydrogens is 196 g/mol. The lowest BCUT2D eigenvalue weighted by Crippen LogP contribution is -2.22. The first-order valence-electron chi connectivity index (χ1n) is 7.09. The summed E-state index contributed by atoms with van der Waals surface area (Å²) in [6.45, 7) is 11.0. The van der Waals surface area contributed by atoms with Gasteiger partial charge in [0.15, 0.2) is 0 Å². The van der Waals surface area contributed by atoms with E-state index >= 15 is 0 Å². The minimum absolute atomic E-state index is 0.433. The Morgan fingerprint density at radius 1 is 1.00 bits per heavy atom. The van der Waals surface area contributed by atoms with Gasteiger partial charge in [-0.2, -0.15) is 0 Å². The molecule has 98 valence electrons. The van der Waals surface area contributed by atoms with Gasteiger partial charge in [0.1, 0.15) is 0 Å². The van der Waals surface area contributed by atoms with Crippen molar-refractivity contribution in [3.63, 3.8) is 0 Å². The molecule has 0 aromatic heterocycles. The monoisotopic (exact) mass is 228 g/mol. The van der Waals surface area contributed by atoms with Gasteiger partial charge in [-0.15, -0.1) is 0 Å². The van der Waals surface area contributed by atoms with E-state index < -0.39 is 5.60 Å². The van der Waals surface area contributed by atoms with Gasteiger partial charge in [0.05, 0.1) is 5.60 Å². The van der Waals surface area contributed by atoms with Crippen LogP contribution in [-0.2, 0) is 0 Å². The fourth-order valence-electron chi connectivity index (χ4n) is 2.03. The third-order valence-corrected chi connectivity index (χ3v) is 3.65. The van der Waals surface area contributed by atoms with Crippen molar-refractivity contribution in [3.05, 3.63) is 0 Å². The summed E-state index contributed by atoms with van der Waals surface area (Å²) in [5, 5.41) is 9.88.